The van der Waals surface area contributed by atoms with Crippen molar-refractivity contribution in [3.8, 4) is 0 Å². The second kappa shape index (κ2) is 6.80. The van der Waals surface area contributed by atoms with E-state index in [2.05, 4.69) is 30.7 Å². The number of carbonyl (C=O) groups is 1. The summed E-state index contributed by atoms with van der Waals surface area (Å²) in [6.45, 7) is 3.13. The van der Waals surface area contributed by atoms with Gasteiger partial charge in [-0.25, -0.2) is 9.97 Å². The molecule has 0 radical (unpaired) electrons. The van der Waals surface area contributed by atoms with Crippen LogP contribution in [0.15, 0.2) is 30.6 Å². The molecule has 1 saturated heterocycles. The van der Waals surface area contributed by atoms with Gasteiger partial charge in [0.15, 0.2) is 5.82 Å². The number of fused-ring (bicyclic) bond motifs is 1. The van der Waals surface area contributed by atoms with Crippen molar-refractivity contribution >= 4 is 16.9 Å². The van der Waals surface area contributed by atoms with Gasteiger partial charge in [-0.2, -0.15) is 15.4 Å². The average Bonchev–Trinajstić information content (AvgIpc) is 3.15. The van der Waals surface area contributed by atoms with Crippen molar-refractivity contribution in [1.29, 1.82) is 0 Å². The lowest BCUT2D eigenvalue weighted by Crippen LogP contribution is -2.32. The van der Waals surface area contributed by atoms with Crippen LogP contribution in [0.25, 0.3) is 11.0 Å². The lowest BCUT2D eigenvalue weighted by atomic mass is 9.95. The van der Waals surface area contributed by atoms with Gasteiger partial charge in [-0.15, -0.1) is 0 Å². The first-order valence-corrected chi connectivity index (χ1v) is 8.68. The van der Waals surface area contributed by atoms with Crippen LogP contribution >= 0.6 is 0 Å². The summed E-state index contributed by atoms with van der Waals surface area (Å²) in [6.07, 6.45) is 6.61. The molecule has 0 unspecified atom stereocenters. The Balaban J connectivity index is 1.40. The Labute approximate surface area is 150 Å². The zero-order chi connectivity index (χ0) is 18.0. The van der Waals surface area contributed by atoms with Gasteiger partial charge in [-0.05, 0) is 44.4 Å². The number of H-pyrrole nitrogens is 1. The average molecular weight is 352 g/mol. The van der Waals surface area contributed by atoms with E-state index in [4.69, 9.17) is 4.74 Å². The summed E-state index contributed by atoms with van der Waals surface area (Å²) in [5.74, 6) is 0.519. The molecule has 3 heterocycles. The van der Waals surface area contributed by atoms with Crippen LogP contribution in [0.1, 0.15) is 47.9 Å². The molecule has 1 fully saturated rings. The Bertz CT molecular complexity index is 915. The van der Waals surface area contributed by atoms with E-state index >= 15 is 0 Å². The molecule has 4 rings (SSSR count). The van der Waals surface area contributed by atoms with Crippen molar-refractivity contribution in [2.45, 2.75) is 38.3 Å². The fourth-order valence-electron chi connectivity index (χ4n) is 3.10. The summed E-state index contributed by atoms with van der Waals surface area (Å²) >= 11 is 0. The Morgan fingerprint density at radius 2 is 2.04 bits per heavy atom. The number of nitrogens with one attached hydrogen (secondary N) is 2. The van der Waals surface area contributed by atoms with Crippen LogP contribution < -0.4 is 5.32 Å². The number of amides is 1. The molecule has 1 aromatic carbocycles. The first-order valence-electron chi connectivity index (χ1n) is 8.68. The number of nitrogens with zero attached hydrogens (tertiary/aromatic N) is 4. The van der Waals surface area contributed by atoms with Crippen molar-refractivity contribution in [3.05, 3.63) is 47.5 Å². The summed E-state index contributed by atoms with van der Waals surface area (Å²) in [6, 6.07) is 5.19. The second-order valence-electron chi connectivity index (χ2n) is 6.66. The number of hydrogen-bond acceptors (Lipinski definition) is 6. The quantitative estimate of drug-likeness (QED) is 0.745. The van der Waals surface area contributed by atoms with Crippen LogP contribution in [0.4, 0.5) is 0 Å². The molecule has 1 amide bonds. The molecule has 2 aromatic heterocycles. The monoisotopic (exact) mass is 352 g/mol. The molecule has 2 N–H and O–H groups in total. The third-order valence-corrected chi connectivity index (χ3v) is 4.68. The van der Waals surface area contributed by atoms with Crippen molar-refractivity contribution in [2.24, 2.45) is 0 Å². The molecule has 8 heteroatoms. The first kappa shape index (κ1) is 16.6. The number of aromatic nitrogens is 5. The SMILES string of the molecule is C[C@]1(c2ncc(CNC(=O)c3ccc4n[nH]nc4c3)cn2)CCCCO1. The number of benzene rings is 1. The lowest BCUT2D eigenvalue weighted by Gasteiger charge is -2.32. The van der Waals surface area contributed by atoms with E-state index in [0.29, 0.717) is 23.4 Å². The molecule has 8 nitrogen and oxygen atoms in total. The molecule has 134 valence electrons. The van der Waals surface area contributed by atoms with E-state index in [1.165, 1.54) is 0 Å². The number of carbonyl (C=O) groups excluding carboxylic acids is 1. The second-order valence-corrected chi connectivity index (χ2v) is 6.66. The molecule has 26 heavy (non-hydrogen) atoms. The standard InChI is InChI=1S/C18H20N6O2/c1-18(6-2-3-7-26-18)17-20-10-12(11-21-17)9-19-16(25)13-4-5-14-15(8-13)23-24-22-14/h4-5,8,10-11H,2-3,6-7,9H2,1H3,(H,19,25)(H,22,23,24)/t18-/m1/s1. The highest BCUT2D eigenvalue weighted by atomic mass is 16.5. The fourth-order valence-corrected chi connectivity index (χ4v) is 3.10. The van der Waals surface area contributed by atoms with Gasteiger partial charge in [0.1, 0.15) is 16.6 Å². The van der Waals surface area contributed by atoms with Gasteiger partial charge in [-0.1, -0.05) is 0 Å². The summed E-state index contributed by atoms with van der Waals surface area (Å²) in [4.78, 5) is 21.2. The molecular weight excluding hydrogens is 332 g/mol. The van der Waals surface area contributed by atoms with Crippen molar-refractivity contribution in [1.82, 2.24) is 30.7 Å². The number of rotatable bonds is 4. The fraction of sp³-hybridized carbons (Fsp3) is 0.389. The Hall–Kier alpha value is -2.87. The Morgan fingerprint density at radius 3 is 2.81 bits per heavy atom. The molecule has 0 spiro atoms. The number of hydrogen-bond donors (Lipinski definition) is 2. The number of aromatic amines is 1. The van der Waals surface area contributed by atoms with Crippen molar-refractivity contribution in [3.63, 3.8) is 0 Å². The van der Waals surface area contributed by atoms with Crippen molar-refractivity contribution < 1.29 is 9.53 Å². The smallest absolute Gasteiger partial charge is 0.251 e. The zero-order valence-corrected chi connectivity index (χ0v) is 14.5. The molecule has 3 aromatic rings. The highest BCUT2D eigenvalue weighted by Crippen LogP contribution is 2.32. The van der Waals surface area contributed by atoms with Gasteiger partial charge in [0, 0.05) is 36.7 Å². The summed E-state index contributed by atoms with van der Waals surface area (Å²) < 4.78 is 5.87. The van der Waals surface area contributed by atoms with E-state index in [9.17, 15) is 4.79 Å². The van der Waals surface area contributed by atoms with Gasteiger partial charge in [0.05, 0.1) is 0 Å². The maximum atomic E-state index is 12.3. The molecule has 1 aliphatic heterocycles. The van der Waals surface area contributed by atoms with Gasteiger partial charge < -0.3 is 10.1 Å². The maximum absolute atomic E-state index is 12.3. The van der Waals surface area contributed by atoms with E-state index < -0.39 is 5.60 Å². The topological polar surface area (TPSA) is 106 Å². The first-order chi connectivity index (χ1) is 12.6. The minimum absolute atomic E-state index is 0.179. The molecule has 1 aliphatic rings. The van der Waals surface area contributed by atoms with Gasteiger partial charge in [0.2, 0.25) is 0 Å². The van der Waals surface area contributed by atoms with Crippen LogP contribution in [-0.2, 0) is 16.9 Å². The molecule has 0 bridgehead atoms. The largest absolute Gasteiger partial charge is 0.367 e. The third kappa shape index (κ3) is 3.28. The summed E-state index contributed by atoms with van der Waals surface area (Å²) in [5.41, 5.74) is 2.35. The van der Waals surface area contributed by atoms with Crippen LogP contribution in [-0.4, -0.2) is 37.9 Å². The van der Waals surface area contributed by atoms with E-state index in [0.717, 1.165) is 36.9 Å². The molecule has 0 aliphatic carbocycles. The highest BCUT2D eigenvalue weighted by Gasteiger charge is 2.32. The van der Waals surface area contributed by atoms with E-state index in [-0.39, 0.29) is 5.91 Å². The predicted molar refractivity (Wildman–Crippen MR) is 94.2 cm³/mol. The summed E-state index contributed by atoms with van der Waals surface area (Å²) in [5, 5.41) is 13.4. The highest BCUT2D eigenvalue weighted by molar-refractivity contribution is 5.97. The Kier molecular flexibility index (Phi) is 4.34. The normalized spacial score (nSPS) is 20.2. The maximum Gasteiger partial charge on any atom is 0.251 e. The minimum atomic E-state index is -0.410. The van der Waals surface area contributed by atoms with Crippen LogP contribution in [0, 0.1) is 0 Å². The van der Waals surface area contributed by atoms with Crippen molar-refractivity contribution in [2.75, 3.05) is 6.61 Å². The van der Waals surface area contributed by atoms with Gasteiger partial charge in [-0.3, -0.25) is 4.79 Å². The molecule has 1 atom stereocenters. The molecular formula is C18H20N6O2. The van der Waals surface area contributed by atoms with Crippen LogP contribution in [0.5, 0.6) is 0 Å². The zero-order valence-electron chi connectivity index (χ0n) is 14.5. The van der Waals surface area contributed by atoms with Gasteiger partial charge >= 0.3 is 0 Å². The minimum Gasteiger partial charge on any atom is -0.367 e. The van der Waals surface area contributed by atoms with Gasteiger partial charge in [0.25, 0.3) is 5.91 Å². The molecule has 0 saturated carbocycles. The summed E-state index contributed by atoms with van der Waals surface area (Å²) in [7, 11) is 0. The van der Waals surface area contributed by atoms with Crippen LogP contribution in [0.2, 0.25) is 0 Å². The Morgan fingerprint density at radius 1 is 1.23 bits per heavy atom. The third-order valence-electron chi connectivity index (χ3n) is 4.68. The lowest BCUT2D eigenvalue weighted by molar-refractivity contribution is -0.0760. The van der Waals surface area contributed by atoms with E-state index in [1.807, 2.05) is 6.92 Å². The predicted octanol–water partition coefficient (Wildman–Crippen LogP) is 2.09. The van der Waals surface area contributed by atoms with E-state index in [1.54, 1.807) is 30.6 Å². The number of ether oxygens (including phenoxy) is 1. The van der Waals surface area contributed by atoms with Crippen LogP contribution in [0.3, 0.4) is 0 Å².